The van der Waals surface area contributed by atoms with E-state index in [2.05, 4.69) is 10.2 Å². The zero-order chi connectivity index (χ0) is 15.4. The zero-order valence-corrected chi connectivity index (χ0v) is 13.2. The van der Waals surface area contributed by atoms with Gasteiger partial charge < -0.3 is 15.8 Å². The summed E-state index contributed by atoms with van der Waals surface area (Å²) >= 11 is 5.86. The van der Waals surface area contributed by atoms with Crippen molar-refractivity contribution in [2.75, 3.05) is 31.3 Å². The standard InChI is InChI=1S/C15H22ClN3O2/c1-10(19(7-8-21-2)12-4-5-12)15(20)18-14-6-3-11(16)9-13(14)17/h3,6,9-10,12H,4-5,7-8,17H2,1-2H3,(H,18,20). The molecular weight excluding hydrogens is 290 g/mol. The average molecular weight is 312 g/mol. The van der Waals surface area contributed by atoms with E-state index in [1.807, 2.05) is 6.92 Å². The second-order valence-electron chi connectivity index (χ2n) is 5.36. The molecule has 5 nitrogen and oxygen atoms in total. The summed E-state index contributed by atoms with van der Waals surface area (Å²) in [5, 5.41) is 3.43. The Morgan fingerprint density at radius 1 is 1.57 bits per heavy atom. The lowest BCUT2D eigenvalue weighted by molar-refractivity contribution is -0.121. The topological polar surface area (TPSA) is 67.6 Å². The molecule has 1 fully saturated rings. The summed E-state index contributed by atoms with van der Waals surface area (Å²) in [5.41, 5.74) is 6.93. The van der Waals surface area contributed by atoms with Crippen molar-refractivity contribution in [1.82, 2.24) is 4.90 Å². The Morgan fingerprint density at radius 2 is 2.29 bits per heavy atom. The highest BCUT2D eigenvalue weighted by molar-refractivity contribution is 6.31. The lowest BCUT2D eigenvalue weighted by Gasteiger charge is -2.28. The second-order valence-corrected chi connectivity index (χ2v) is 5.80. The largest absolute Gasteiger partial charge is 0.397 e. The van der Waals surface area contributed by atoms with Crippen LogP contribution < -0.4 is 11.1 Å². The number of nitrogens with two attached hydrogens (primary N) is 1. The quantitative estimate of drug-likeness (QED) is 0.759. The van der Waals surface area contributed by atoms with Crippen molar-refractivity contribution in [2.45, 2.75) is 31.8 Å². The summed E-state index contributed by atoms with van der Waals surface area (Å²) in [7, 11) is 1.67. The number of amides is 1. The van der Waals surface area contributed by atoms with E-state index in [4.69, 9.17) is 22.1 Å². The fraction of sp³-hybridized carbons (Fsp3) is 0.533. The SMILES string of the molecule is COCCN(C1CC1)C(C)C(=O)Nc1ccc(Cl)cc1N. The van der Waals surface area contributed by atoms with E-state index in [9.17, 15) is 4.79 Å². The van der Waals surface area contributed by atoms with Crippen molar-refractivity contribution in [3.05, 3.63) is 23.2 Å². The summed E-state index contributed by atoms with van der Waals surface area (Å²) in [4.78, 5) is 14.6. The Kier molecular flexibility index (Phi) is 5.45. The maximum Gasteiger partial charge on any atom is 0.241 e. The minimum Gasteiger partial charge on any atom is -0.397 e. The summed E-state index contributed by atoms with van der Waals surface area (Å²) in [6.45, 7) is 3.29. The van der Waals surface area contributed by atoms with Gasteiger partial charge in [-0.1, -0.05) is 11.6 Å². The van der Waals surface area contributed by atoms with E-state index >= 15 is 0 Å². The van der Waals surface area contributed by atoms with E-state index in [0.717, 1.165) is 19.4 Å². The van der Waals surface area contributed by atoms with Crippen LogP contribution in [-0.4, -0.2) is 43.2 Å². The van der Waals surface area contributed by atoms with Crippen molar-refractivity contribution in [2.24, 2.45) is 0 Å². The first-order valence-electron chi connectivity index (χ1n) is 7.13. The van der Waals surface area contributed by atoms with Gasteiger partial charge in [-0.25, -0.2) is 0 Å². The molecule has 1 aliphatic rings. The van der Waals surface area contributed by atoms with Crippen LogP contribution in [0, 0.1) is 0 Å². The third kappa shape index (κ3) is 4.33. The monoisotopic (exact) mass is 311 g/mol. The van der Waals surface area contributed by atoms with Gasteiger partial charge in [0.1, 0.15) is 0 Å². The molecule has 1 aromatic carbocycles. The smallest absolute Gasteiger partial charge is 0.241 e. The van der Waals surface area contributed by atoms with Crippen molar-refractivity contribution < 1.29 is 9.53 Å². The molecule has 1 aliphatic carbocycles. The van der Waals surface area contributed by atoms with Crippen LogP contribution in [0.5, 0.6) is 0 Å². The number of nitrogen functional groups attached to an aromatic ring is 1. The normalized spacial score (nSPS) is 16.0. The molecule has 2 rings (SSSR count). The third-order valence-corrected chi connectivity index (χ3v) is 3.95. The molecule has 0 bridgehead atoms. The first-order chi connectivity index (χ1) is 10.0. The van der Waals surface area contributed by atoms with Gasteiger partial charge >= 0.3 is 0 Å². The molecule has 0 aliphatic heterocycles. The molecule has 0 saturated heterocycles. The fourth-order valence-corrected chi connectivity index (χ4v) is 2.51. The zero-order valence-electron chi connectivity index (χ0n) is 12.4. The summed E-state index contributed by atoms with van der Waals surface area (Å²) in [6, 6.07) is 5.33. The van der Waals surface area contributed by atoms with Gasteiger partial charge in [-0.2, -0.15) is 0 Å². The van der Waals surface area contributed by atoms with Gasteiger partial charge in [0.05, 0.1) is 24.0 Å². The Hall–Kier alpha value is -1.30. The lowest BCUT2D eigenvalue weighted by atomic mass is 10.2. The number of anilines is 2. The number of nitrogens with one attached hydrogen (secondary N) is 1. The second kappa shape index (κ2) is 7.11. The van der Waals surface area contributed by atoms with Crippen LogP contribution in [0.15, 0.2) is 18.2 Å². The van der Waals surface area contributed by atoms with Gasteiger partial charge in [0.15, 0.2) is 0 Å². The van der Waals surface area contributed by atoms with Gasteiger partial charge in [0.25, 0.3) is 0 Å². The molecule has 3 N–H and O–H groups in total. The predicted molar refractivity (Wildman–Crippen MR) is 85.6 cm³/mol. The summed E-state index contributed by atoms with van der Waals surface area (Å²) in [5.74, 6) is -0.0629. The van der Waals surface area contributed by atoms with Crippen molar-refractivity contribution in [3.63, 3.8) is 0 Å². The molecule has 1 amide bonds. The minimum atomic E-state index is -0.220. The molecule has 0 spiro atoms. The average Bonchev–Trinajstić information content (AvgIpc) is 3.26. The highest BCUT2D eigenvalue weighted by atomic mass is 35.5. The molecule has 6 heteroatoms. The molecule has 116 valence electrons. The molecule has 0 aromatic heterocycles. The van der Waals surface area contributed by atoms with Crippen LogP contribution in [0.4, 0.5) is 11.4 Å². The molecule has 0 radical (unpaired) electrons. The number of carbonyl (C=O) groups excluding carboxylic acids is 1. The highest BCUT2D eigenvalue weighted by Gasteiger charge is 2.34. The van der Waals surface area contributed by atoms with E-state index in [1.54, 1.807) is 25.3 Å². The van der Waals surface area contributed by atoms with E-state index in [1.165, 1.54) is 0 Å². The van der Waals surface area contributed by atoms with Crippen LogP contribution in [0.3, 0.4) is 0 Å². The third-order valence-electron chi connectivity index (χ3n) is 3.72. The van der Waals surface area contributed by atoms with Crippen LogP contribution >= 0.6 is 11.6 Å². The summed E-state index contributed by atoms with van der Waals surface area (Å²) in [6.07, 6.45) is 2.29. The first kappa shape index (κ1) is 16.1. The fourth-order valence-electron chi connectivity index (χ4n) is 2.33. The van der Waals surface area contributed by atoms with Crippen molar-refractivity contribution in [3.8, 4) is 0 Å². The minimum absolute atomic E-state index is 0.0629. The van der Waals surface area contributed by atoms with Gasteiger partial charge in [0.2, 0.25) is 5.91 Å². The number of carbonyl (C=O) groups is 1. The van der Waals surface area contributed by atoms with Gasteiger partial charge in [0, 0.05) is 24.7 Å². The molecule has 1 saturated carbocycles. The van der Waals surface area contributed by atoms with Gasteiger partial charge in [-0.05, 0) is 38.0 Å². The van der Waals surface area contributed by atoms with Crippen molar-refractivity contribution >= 4 is 28.9 Å². The maximum absolute atomic E-state index is 12.4. The number of methoxy groups -OCH3 is 1. The van der Waals surface area contributed by atoms with Crippen LogP contribution in [0.1, 0.15) is 19.8 Å². The van der Waals surface area contributed by atoms with Crippen LogP contribution in [-0.2, 0) is 9.53 Å². The van der Waals surface area contributed by atoms with Gasteiger partial charge in [-0.15, -0.1) is 0 Å². The predicted octanol–water partition coefficient (Wildman–Crippen LogP) is 2.36. The summed E-state index contributed by atoms with van der Waals surface area (Å²) < 4.78 is 5.12. The number of hydrogen-bond donors (Lipinski definition) is 2. The molecule has 21 heavy (non-hydrogen) atoms. The van der Waals surface area contributed by atoms with E-state index < -0.39 is 0 Å². The van der Waals surface area contributed by atoms with Crippen LogP contribution in [0.25, 0.3) is 0 Å². The maximum atomic E-state index is 12.4. The Bertz CT molecular complexity index is 506. The number of halogens is 1. The number of nitrogens with zero attached hydrogens (tertiary/aromatic N) is 1. The number of ether oxygens (including phenoxy) is 1. The molecule has 1 unspecified atom stereocenters. The first-order valence-corrected chi connectivity index (χ1v) is 7.51. The Morgan fingerprint density at radius 3 is 2.86 bits per heavy atom. The number of hydrogen-bond acceptors (Lipinski definition) is 4. The van der Waals surface area contributed by atoms with Crippen molar-refractivity contribution in [1.29, 1.82) is 0 Å². The van der Waals surface area contributed by atoms with E-state index in [-0.39, 0.29) is 11.9 Å². The van der Waals surface area contributed by atoms with Crippen LogP contribution in [0.2, 0.25) is 5.02 Å². The Balaban J connectivity index is 2.00. The number of benzene rings is 1. The van der Waals surface area contributed by atoms with Gasteiger partial charge in [-0.3, -0.25) is 9.69 Å². The molecule has 1 aromatic rings. The molecule has 1 atom stereocenters. The Labute approximate surface area is 130 Å². The lowest BCUT2D eigenvalue weighted by Crippen LogP contribution is -2.45. The molecular formula is C15H22ClN3O2. The highest BCUT2D eigenvalue weighted by Crippen LogP contribution is 2.29. The number of rotatable bonds is 7. The van der Waals surface area contributed by atoms with E-state index in [0.29, 0.717) is 29.0 Å². The molecule has 0 heterocycles.